The van der Waals surface area contributed by atoms with Gasteiger partial charge in [0, 0.05) is 13.0 Å². The Morgan fingerprint density at radius 1 is 1.50 bits per heavy atom. The highest BCUT2D eigenvalue weighted by atomic mass is 16.1. The first-order chi connectivity index (χ1) is 5.74. The SMILES string of the molecule is CC(=O)N[C@@H]1CCCC[C@@H]1C#N. The van der Waals surface area contributed by atoms with E-state index in [-0.39, 0.29) is 17.9 Å². The van der Waals surface area contributed by atoms with Crippen LogP contribution in [0.2, 0.25) is 0 Å². The molecule has 0 aromatic carbocycles. The van der Waals surface area contributed by atoms with E-state index in [1.807, 2.05) is 0 Å². The van der Waals surface area contributed by atoms with Crippen LogP contribution in [0, 0.1) is 17.2 Å². The summed E-state index contributed by atoms with van der Waals surface area (Å²) in [6.45, 7) is 1.50. The van der Waals surface area contributed by atoms with Crippen LogP contribution in [0.3, 0.4) is 0 Å². The van der Waals surface area contributed by atoms with Crippen LogP contribution in [0.4, 0.5) is 0 Å². The predicted octanol–water partition coefficient (Wildman–Crippen LogP) is 1.20. The summed E-state index contributed by atoms with van der Waals surface area (Å²) in [4.78, 5) is 10.8. The first kappa shape index (κ1) is 9.05. The van der Waals surface area contributed by atoms with Gasteiger partial charge in [0.1, 0.15) is 0 Å². The number of carbonyl (C=O) groups is 1. The van der Waals surface area contributed by atoms with Gasteiger partial charge < -0.3 is 5.32 Å². The van der Waals surface area contributed by atoms with Gasteiger partial charge in [-0.1, -0.05) is 12.8 Å². The molecule has 0 aromatic rings. The van der Waals surface area contributed by atoms with Crippen LogP contribution < -0.4 is 5.32 Å². The molecule has 0 spiro atoms. The molecule has 0 saturated heterocycles. The van der Waals surface area contributed by atoms with E-state index in [0.29, 0.717) is 0 Å². The Morgan fingerprint density at radius 3 is 2.75 bits per heavy atom. The highest BCUT2D eigenvalue weighted by Crippen LogP contribution is 2.23. The van der Waals surface area contributed by atoms with E-state index in [1.165, 1.54) is 6.92 Å². The summed E-state index contributed by atoms with van der Waals surface area (Å²) in [5.74, 6) is 0.00444. The molecule has 0 radical (unpaired) electrons. The van der Waals surface area contributed by atoms with E-state index in [4.69, 9.17) is 5.26 Å². The third-order valence-electron chi connectivity index (χ3n) is 2.32. The fourth-order valence-corrected chi connectivity index (χ4v) is 1.72. The molecule has 0 heterocycles. The monoisotopic (exact) mass is 166 g/mol. The van der Waals surface area contributed by atoms with Crippen molar-refractivity contribution in [3.05, 3.63) is 0 Å². The van der Waals surface area contributed by atoms with Crippen LogP contribution in [0.15, 0.2) is 0 Å². The summed E-state index contributed by atoms with van der Waals surface area (Å²) < 4.78 is 0. The Labute approximate surface area is 72.8 Å². The van der Waals surface area contributed by atoms with Crippen molar-refractivity contribution in [1.82, 2.24) is 5.32 Å². The molecule has 3 nitrogen and oxygen atoms in total. The fraction of sp³-hybridized carbons (Fsp3) is 0.778. The Morgan fingerprint density at radius 2 is 2.17 bits per heavy atom. The maximum atomic E-state index is 10.8. The average Bonchev–Trinajstić information content (AvgIpc) is 2.04. The predicted molar refractivity (Wildman–Crippen MR) is 45.2 cm³/mol. The van der Waals surface area contributed by atoms with Crippen LogP contribution in [-0.2, 0) is 4.79 Å². The number of carbonyl (C=O) groups excluding carboxylic acids is 1. The van der Waals surface area contributed by atoms with Gasteiger partial charge in [-0.15, -0.1) is 0 Å². The van der Waals surface area contributed by atoms with Gasteiger partial charge in [0.15, 0.2) is 0 Å². The number of nitrogens with one attached hydrogen (secondary N) is 1. The standard InChI is InChI=1S/C9H14N2O/c1-7(12)11-9-5-3-2-4-8(9)6-10/h8-9H,2-5H2,1H3,(H,11,12)/t8-,9-/m1/s1. The van der Waals surface area contributed by atoms with Crippen molar-refractivity contribution in [3.8, 4) is 6.07 Å². The largest absolute Gasteiger partial charge is 0.352 e. The maximum absolute atomic E-state index is 10.8. The number of hydrogen-bond donors (Lipinski definition) is 1. The van der Waals surface area contributed by atoms with Crippen molar-refractivity contribution in [2.75, 3.05) is 0 Å². The summed E-state index contributed by atoms with van der Waals surface area (Å²) in [5, 5.41) is 11.6. The fourth-order valence-electron chi connectivity index (χ4n) is 1.72. The van der Waals surface area contributed by atoms with Crippen LogP contribution in [0.25, 0.3) is 0 Å². The lowest BCUT2D eigenvalue weighted by molar-refractivity contribution is -0.120. The zero-order chi connectivity index (χ0) is 8.97. The molecule has 1 aliphatic carbocycles. The van der Waals surface area contributed by atoms with Gasteiger partial charge in [0.2, 0.25) is 5.91 Å². The third kappa shape index (κ3) is 2.23. The Bertz CT molecular complexity index is 207. The second-order valence-corrected chi connectivity index (χ2v) is 3.33. The second kappa shape index (κ2) is 4.10. The highest BCUT2D eigenvalue weighted by Gasteiger charge is 2.24. The lowest BCUT2D eigenvalue weighted by Crippen LogP contribution is -2.40. The summed E-state index contributed by atoms with van der Waals surface area (Å²) in [5.41, 5.74) is 0. The van der Waals surface area contributed by atoms with Crippen molar-refractivity contribution in [2.45, 2.75) is 38.6 Å². The van der Waals surface area contributed by atoms with E-state index in [0.717, 1.165) is 25.7 Å². The molecule has 0 bridgehead atoms. The maximum Gasteiger partial charge on any atom is 0.217 e. The smallest absolute Gasteiger partial charge is 0.217 e. The second-order valence-electron chi connectivity index (χ2n) is 3.33. The molecular formula is C9H14N2O. The van der Waals surface area contributed by atoms with E-state index >= 15 is 0 Å². The minimum atomic E-state index is -0.0258. The zero-order valence-electron chi connectivity index (χ0n) is 7.34. The number of rotatable bonds is 1. The van der Waals surface area contributed by atoms with E-state index in [2.05, 4.69) is 11.4 Å². The van der Waals surface area contributed by atoms with Crippen molar-refractivity contribution < 1.29 is 4.79 Å². The molecule has 1 amide bonds. The number of amides is 1. The Kier molecular flexibility index (Phi) is 3.09. The lowest BCUT2D eigenvalue weighted by atomic mass is 9.85. The molecule has 1 rings (SSSR count). The molecule has 0 aromatic heterocycles. The molecule has 0 unspecified atom stereocenters. The molecule has 12 heavy (non-hydrogen) atoms. The van der Waals surface area contributed by atoms with Crippen LogP contribution in [0.1, 0.15) is 32.6 Å². The van der Waals surface area contributed by atoms with Crippen molar-refractivity contribution in [1.29, 1.82) is 5.26 Å². The molecule has 1 aliphatic rings. The van der Waals surface area contributed by atoms with Gasteiger partial charge in [0.25, 0.3) is 0 Å². The summed E-state index contributed by atoms with van der Waals surface area (Å²) in [6.07, 6.45) is 4.14. The van der Waals surface area contributed by atoms with E-state index in [9.17, 15) is 4.79 Å². The number of nitriles is 1. The average molecular weight is 166 g/mol. The quantitative estimate of drug-likeness (QED) is 0.636. The first-order valence-corrected chi connectivity index (χ1v) is 4.40. The normalized spacial score (nSPS) is 29.0. The zero-order valence-corrected chi connectivity index (χ0v) is 7.34. The number of hydrogen-bond acceptors (Lipinski definition) is 2. The van der Waals surface area contributed by atoms with Crippen LogP contribution in [0.5, 0.6) is 0 Å². The highest BCUT2D eigenvalue weighted by molar-refractivity contribution is 5.73. The van der Waals surface area contributed by atoms with Gasteiger partial charge in [-0.2, -0.15) is 5.26 Å². The minimum absolute atomic E-state index is 0.0258. The Balaban J connectivity index is 2.48. The molecule has 3 heteroatoms. The van der Waals surface area contributed by atoms with E-state index < -0.39 is 0 Å². The number of nitrogens with zero attached hydrogens (tertiary/aromatic N) is 1. The van der Waals surface area contributed by atoms with Gasteiger partial charge in [-0.05, 0) is 12.8 Å². The summed E-state index contributed by atoms with van der Waals surface area (Å²) in [6, 6.07) is 2.34. The molecule has 2 atom stereocenters. The molecule has 1 N–H and O–H groups in total. The Hall–Kier alpha value is -1.04. The molecule has 1 saturated carbocycles. The third-order valence-corrected chi connectivity index (χ3v) is 2.32. The van der Waals surface area contributed by atoms with Gasteiger partial charge in [-0.3, -0.25) is 4.79 Å². The topological polar surface area (TPSA) is 52.9 Å². The first-order valence-electron chi connectivity index (χ1n) is 4.40. The van der Waals surface area contributed by atoms with Crippen molar-refractivity contribution in [2.24, 2.45) is 5.92 Å². The molecule has 66 valence electrons. The van der Waals surface area contributed by atoms with Gasteiger partial charge in [-0.25, -0.2) is 0 Å². The summed E-state index contributed by atoms with van der Waals surface area (Å²) in [7, 11) is 0. The van der Waals surface area contributed by atoms with Crippen LogP contribution in [-0.4, -0.2) is 11.9 Å². The van der Waals surface area contributed by atoms with Crippen LogP contribution >= 0.6 is 0 Å². The molecule has 1 fully saturated rings. The van der Waals surface area contributed by atoms with Gasteiger partial charge in [0.05, 0.1) is 12.0 Å². The minimum Gasteiger partial charge on any atom is -0.352 e. The summed E-state index contributed by atoms with van der Waals surface area (Å²) >= 11 is 0. The van der Waals surface area contributed by atoms with E-state index in [1.54, 1.807) is 0 Å². The van der Waals surface area contributed by atoms with Crippen molar-refractivity contribution >= 4 is 5.91 Å². The molecular weight excluding hydrogens is 152 g/mol. The molecule has 0 aliphatic heterocycles. The van der Waals surface area contributed by atoms with Crippen molar-refractivity contribution in [3.63, 3.8) is 0 Å². The lowest BCUT2D eigenvalue weighted by Gasteiger charge is -2.26. The van der Waals surface area contributed by atoms with Gasteiger partial charge >= 0.3 is 0 Å².